The fourth-order valence-corrected chi connectivity index (χ4v) is 2.10. The average molecular weight is 248 g/mol. The summed E-state index contributed by atoms with van der Waals surface area (Å²) in [5, 5.41) is 12.4. The van der Waals surface area contributed by atoms with Gasteiger partial charge in [0.25, 0.3) is 0 Å². The zero-order chi connectivity index (χ0) is 13.6. The molecule has 1 N–H and O–H groups in total. The van der Waals surface area contributed by atoms with Gasteiger partial charge in [0.2, 0.25) is 0 Å². The fourth-order valence-electron chi connectivity index (χ4n) is 2.10. The maximum atomic E-state index is 9.15. The highest BCUT2D eigenvalue weighted by Crippen LogP contribution is 2.14. The summed E-state index contributed by atoms with van der Waals surface area (Å²) in [5.74, 6) is 0. The van der Waals surface area contributed by atoms with Crippen LogP contribution in [0, 0.1) is 25.2 Å². The predicted molar refractivity (Wildman–Crippen MR) is 73.2 cm³/mol. The zero-order valence-corrected chi connectivity index (χ0v) is 12.0. The predicted octanol–water partition coefficient (Wildman–Crippen LogP) is 2.56. The Bertz CT molecular complexity index is 416. The smallest absolute Gasteiger partial charge is 0.103 e. The molecule has 1 aromatic rings. The number of hydrogen-bond acceptors (Lipinski definition) is 3. The number of nitrogens with one attached hydrogen (secondary N) is 1. The van der Waals surface area contributed by atoms with E-state index in [1.54, 1.807) is 0 Å². The van der Waals surface area contributed by atoms with Crippen LogP contribution < -0.4 is 5.32 Å². The molecule has 4 nitrogen and oxygen atoms in total. The maximum Gasteiger partial charge on any atom is 0.103 e. The van der Waals surface area contributed by atoms with Crippen molar-refractivity contribution in [3.05, 3.63) is 17.7 Å². The van der Waals surface area contributed by atoms with Crippen molar-refractivity contribution >= 4 is 0 Å². The lowest BCUT2D eigenvalue weighted by Gasteiger charge is -2.22. The first-order valence-corrected chi connectivity index (χ1v) is 6.67. The quantitative estimate of drug-likeness (QED) is 0.754. The lowest BCUT2D eigenvalue weighted by atomic mass is 9.96. The van der Waals surface area contributed by atoms with Gasteiger partial charge in [0.15, 0.2) is 0 Å². The normalized spacial score (nSPS) is 14.2. The molecule has 0 aliphatic heterocycles. The molecule has 0 saturated carbocycles. The van der Waals surface area contributed by atoms with Crippen LogP contribution >= 0.6 is 0 Å². The summed E-state index contributed by atoms with van der Waals surface area (Å²) in [6.45, 7) is 9.96. The van der Waals surface area contributed by atoms with Gasteiger partial charge >= 0.3 is 0 Å². The van der Waals surface area contributed by atoms with Crippen molar-refractivity contribution in [2.45, 2.75) is 59.0 Å². The van der Waals surface area contributed by atoms with Gasteiger partial charge in [-0.2, -0.15) is 5.26 Å². The lowest BCUT2D eigenvalue weighted by Crippen LogP contribution is -2.40. The second-order valence-electron chi connectivity index (χ2n) is 5.04. The summed E-state index contributed by atoms with van der Waals surface area (Å²) in [6, 6.07) is 2.36. The van der Waals surface area contributed by atoms with Gasteiger partial charge in [0, 0.05) is 12.2 Å². The Kier molecular flexibility index (Phi) is 5.36. The number of imidazole rings is 1. The summed E-state index contributed by atoms with van der Waals surface area (Å²) in [7, 11) is 0. The molecule has 0 aromatic carbocycles. The highest BCUT2D eigenvalue weighted by atomic mass is 15.0. The van der Waals surface area contributed by atoms with Crippen molar-refractivity contribution in [2.75, 3.05) is 6.54 Å². The van der Waals surface area contributed by atoms with E-state index in [0.29, 0.717) is 0 Å². The molecule has 0 spiro atoms. The molecule has 1 atom stereocenters. The number of rotatable bonds is 7. The molecular weight excluding hydrogens is 224 g/mol. The Morgan fingerprint density at radius 1 is 1.44 bits per heavy atom. The van der Waals surface area contributed by atoms with Gasteiger partial charge in [-0.05, 0) is 46.6 Å². The van der Waals surface area contributed by atoms with Crippen LogP contribution in [0.3, 0.4) is 0 Å². The molecule has 100 valence electrons. The third kappa shape index (κ3) is 3.85. The first kappa shape index (κ1) is 14.7. The molecule has 1 heterocycles. The van der Waals surface area contributed by atoms with Gasteiger partial charge in [-0.1, -0.05) is 6.92 Å². The highest BCUT2D eigenvalue weighted by molar-refractivity contribution is 5.08. The molecular formula is C14H24N4. The van der Waals surface area contributed by atoms with Gasteiger partial charge in [-0.15, -0.1) is 0 Å². The summed E-state index contributed by atoms with van der Waals surface area (Å²) in [6.07, 6.45) is 4.93. The van der Waals surface area contributed by atoms with Crippen LogP contribution in [0.4, 0.5) is 0 Å². The topological polar surface area (TPSA) is 53.6 Å². The zero-order valence-electron chi connectivity index (χ0n) is 12.0. The van der Waals surface area contributed by atoms with Gasteiger partial charge in [0.05, 0.1) is 18.1 Å². The molecule has 1 rings (SSSR count). The van der Waals surface area contributed by atoms with Gasteiger partial charge in [-0.25, -0.2) is 4.98 Å². The van der Waals surface area contributed by atoms with Crippen molar-refractivity contribution in [3.8, 4) is 6.07 Å². The minimum atomic E-state index is -0.380. The van der Waals surface area contributed by atoms with Gasteiger partial charge < -0.3 is 4.57 Å². The molecule has 0 aliphatic rings. The van der Waals surface area contributed by atoms with E-state index in [0.717, 1.165) is 38.0 Å². The van der Waals surface area contributed by atoms with E-state index in [2.05, 4.69) is 27.9 Å². The minimum Gasteiger partial charge on any atom is -0.335 e. The summed E-state index contributed by atoms with van der Waals surface area (Å²) < 4.78 is 2.19. The molecule has 0 fully saturated rings. The molecule has 0 aliphatic carbocycles. The Morgan fingerprint density at radius 3 is 2.67 bits per heavy atom. The third-order valence-corrected chi connectivity index (χ3v) is 3.48. The van der Waals surface area contributed by atoms with Crippen molar-refractivity contribution in [1.82, 2.24) is 14.9 Å². The lowest BCUT2D eigenvalue weighted by molar-refractivity contribution is 0.404. The van der Waals surface area contributed by atoms with Crippen LogP contribution in [-0.2, 0) is 6.54 Å². The Balaban J connectivity index is 2.35. The number of nitriles is 1. The van der Waals surface area contributed by atoms with Crippen LogP contribution in [0.2, 0.25) is 0 Å². The molecule has 0 radical (unpaired) electrons. The molecule has 1 unspecified atom stereocenters. The van der Waals surface area contributed by atoms with E-state index in [9.17, 15) is 0 Å². The van der Waals surface area contributed by atoms with Crippen LogP contribution in [0.1, 0.15) is 44.5 Å². The van der Waals surface area contributed by atoms with Crippen molar-refractivity contribution in [1.29, 1.82) is 5.26 Å². The number of nitrogens with zero attached hydrogens (tertiary/aromatic N) is 3. The molecule has 0 amide bonds. The Labute approximate surface area is 110 Å². The van der Waals surface area contributed by atoms with E-state index in [1.165, 1.54) is 5.69 Å². The monoisotopic (exact) mass is 248 g/mol. The van der Waals surface area contributed by atoms with Gasteiger partial charge in [-0.3, -0.25) is 5.32 Å². The molecule has 1 aromatic heterocycles. The van der Waals surface area contributed by atoms with Crippen LogP contribution in [0.5, 0.6) is 0 Å². The number of unbranched alkanes of at least 4 members (excludes halogenated alkanes) is 1. The molecule has 4 heteroatoms. The summed E-state index contributed by atoms with van der Waals surface area (Å²) in [5.41, 5.74) is 1.96. The first-order valence-electron chi connectivity index (χ1n) is 6.67. The molecule has 18 heavy (non-hydrogen) atoms. The number of hydrogen-bond donors (Lipinski definition) is 1. The van der Waals surface area contributed by atoms with E-state index in [4.69, 9.17) is 5.26 Å². The second-order valence-corrected chi connectivity index (χ2v) is 5.04. The van der Waals surface area contributed by atoms with Crippen LogP contribution in [-0.4, -0.2) is 21.6 Å². The van der Waals surface area contributed by atoms with E-state index in [1.807, 2.05) is 27.1 Å². The minimum absolute atomic E-state index is 0.380. The van der Waals surface area contributed by atoms with Gasteiger partial charge in [0.1, 0.15) is 5.54 Å². The highest BCUT2D eigenvalue weighted by Gasteiger charge is 2.21. The average Bonchev–Trinajstić information content (AvgIpc) is 2.67. The third-order valence-electron chi connectivity index (χ3n) is 3.48. The molecule has 0 bridgehead atoms. The Hall–Kier alpha value is -1.34. The van der Waals surface area contributed by atoms with Crippen LogP contribution in [0.15, 0.2) is 6.33 Å². The van der Waals surface area contributed by atoms with Crippen molar-refractivity contribution in [3.63, 3.8) is 0 Å². The second kappa shape index (κ2) is 6.55. The molecule has 0 saturated heterocycles. The number of aryl methyl sites for hydroxylation is 2. The largest absolute Gasteiger partial charge is 0.335 e. The maximum absolute atomic E-state index is 9.15. The SMILES string of the molecule is CCNC(C)(C#N)CCCCn1cnc(C)c1C. The van der Waals surface area contributed by atoms with Crippen LogP contribution in [0.25, 0.3) is 0 Å². The van der Waals surface area contributed by atoms with E-state index >= 15 is 0 Å². The Morgan fingerprint density at radius 2 is 2.17 bits per heavy atom. The fraction of sp³-hybridized carbons (Fsp3) is 0.714. The van der Waals surface area contributed by atoms with E-state index in [-0.39, 0.29) is 5.54 Å². The van der Waals surface area contributed by atoms with Crippen molar-refractivity contribution in [2.24, 2.45) is 0 Å². The summed E-state index contributed by atoms with van der Waals surface area (Å²) in [4.78, 5) is 4.29. The van der Waals surface area contributed by atoms with Crippen molar-refractivity contribution < 1.29 is 0 Å². The number of aromatic nitrogens is 2. The first-order chi connectivity index (χ1) is 8.52. The standard InChI is InChI=1S/C14H24N4/c1-5-17-14(4,10-15)8-6-7-9-18-11-16-12(2)13(18)3/h11,17H,5-9H2,1-4H3. The van der Waals surface area contributed by atoms with E-state index < -0.39 is 0 Å². The summed E-state index contributed by atoms with van der Waals surface area (Å²) >= 11 is 0.